The number of hydrogen-bond donors (Lipinski definition) is 0. The van der Waals surface area contributed by atoms with Crippen LogP contribution in [0.4, 0.5) is 0 Å². The van der Waals surface area contributed by atoms with Crippen molar-refractivity contribution in [3.63, 3.8) is 0 Å². The summed E-state index contributed by atoms with van der Waals surface area (Å²) >= 11 is 0. The summed E-state index contributed by atoms with van der Waals surface area (Å²) < 4.78 is 12.2. The molecule has 2 aliphatic rings. The first-order chi connectivity index (χ1) is 11.1. The van der Waals surface area contributed by atoms with E-state index in [1.165, 1.54) is 13.2 Å². The van der Waals surface area contributed by atoms with E-state index in [0.29, 0.717) is 19.0 Å². The van der Waals surface area contributed by atoms with Gasteiger partial charge in [0.2, 0.25) is 5.76 Å². The van der Waals surface area contributed by atoms with Crippen molar-refractivity contribution < 1.29 is 14.1 Å². The van der Waals surface area contributed by atoms with E-state index in [2.05, 4.69) is 26.7 Å². The van der Waals surface area contributed by atoms with E-state index in [1.54, 1.807) is 0 Å². The maximum atomic E-state index is 12.6. The van der Waals surface area contributed by atoms with Gasteiger partial charge in [0, 0.05) is 32.0 Å². The summed E-state index contributed by atoms with van der Waals surface area (Å²) in [5.74, 6) is 1.48. The van der Waals surface area contributed by atoms with Crippen LogP contribution in [0.1, 0.15) is 22.8 Å². The number of carbonyl (C=O) groups excluding carboxylic acids is 1. The number of imidazole rings is 1. The first-order valence-corrected chi connectivity index (χ1v) is 7.62. The lowest BCUT2D eigenvalue weighted by molar-refractivity contribution is 0.0561. The molecular weight excluding hydrogens is 298 g/mol. The molecular formula is C15H19N5O3. The summed E-state index contributed by atoms with van der Waals surface area (Å²) in [6.45, 7) is 3.02. The first-order valence-electron chi connectivity index (χ1n) is 7.62. The third-order valence-corrected chi connectivity index (χ3v) is 4.98. The fourth-order valence-corrected chi connectivity index (χ4v) is 3.54. The molecule has 23 heavy (non-hydrogen) atoms. The van der Waals surface area contributed by atoms with E-state index in [9.17, 15) is 4.79 Å². The summed E-state index contributed by atoms with van der Waals surface area (Å²) in [7, 11) is 3.60. The van der Waals surface area contributed by atoms with Crippen LogP contribution in [0, 0.1) is 0 Å². The predicted octanol–water partition coefficient (Wildman–Crippen LogP) is 0.610. The summed E-state index contributed by atoms with van der Waals surface area (Å²) in [5.41, 5.74) is -0.0481. The van der Waals surface area contributed by atoms with Crippen molar-refractivity contribution in [2.75, 3.05) is 27.2 Å². The van der Waals surface area contributed by atoms with Crippen LogP contribution >= 0.6 is 0 Å². The molecule has 2 aliphatic heterocycles. The largest absolute Gasteiger partial charge is 0.479 e. The molecule has 0 aliphatic carbocycles. The lowest BCUT2D eigenvalue weighted by Gasteiger charge is -2.42. The maximum Gasteiger partial charge on any atom is 0.292 e. The van der Waals surface area contributed by atoms with Crippen LogP contribution in [-0.4, -0.2) is 63.2 Å². The molecule has 0 radical (unpaired) electrons. The van der Waals surface area contributed by atoms with Crippen molar-refractivity contribution in [3.8, 4) is 5.88 Å². The van der Waals surface area contributed by atoms with Gasteiger partial charge < -0.3 is 18.7 Å². The minimum atomic E-state index is -0.137. The van der Waals surface area contributed by atoms with Crippen molar-refractivity contribution >= 4 is 5.91 Å². The van der Waals surface area contributed by atoms with Crippen LogP contribution in [0.3, 0.4) is 0 Å². The van der Waals surface area contributed by atoms with Gasteiger partial charge in [-0.25, -0.2) is 4.98 Å². The highest BCUT2D eigenvalue weighted by molar-refractivity contribution is 5.92. The number of likely N-dealkylation sites (N-methyl/N-ethyl adjacent to an activating group) is 1. The number of carbonyl (C=O) groups is 1. The molecule has 8 heteroatoms. The molecule has 4 heterocycles. The third kappa shape index (κ3) is 2.21. The van der Waals surface area contributed by atoms with Crippen molar-refractivity contribution in [2.45, 2.75) is 25.0 Å². The molecule has 1 fully saturated rings. The number of likely N-dealkylation sites (tertiary alicyclic amines) is 1. The number of methoxy groups -OCH3 is 1. The van der Waals surface area contributed by atoms with Gasteiger partial charge in [-0.15, -0.1) is 0 Å². The van der Waals surface area contributed by atoms with Gasteiger partial charge in [-0.3, -0.25) is 9.69 Å². The molecule has 1 spiro atoms. The lowest BCUT2D eigenvalue weighted by Crippen LogP contribution is -2.54. The molecule has 4 rings (SSSR count). The highest BCUT2D eigenvalue weighted by Gasteiger charge is 2.46. The molecule has 1 saturated heterocycles. The topological polar surface area (TPSA) is 76.6 Å². The summed E-state index contributed by atoms with van der Waals surface area (Å²) in [6.07, 6.45) is 4.77. The normalized spacial score (nSPS) is 24.2. The highest BCUT2D eigenvalue weighted by atomic mass is 16.5. The molecule has 0 bridgehead atoms. The quantitative estimate of drug-likeness (QED) is 0.808. The second-order valence-corrected chi connectivity index (χ2v) is 6.26. The molecule has 1 amide bonds. The van der Waals surface area contributed by atoms with Crippen LogP contribution in [0.15, 0.2) is 23.0 Å². The van der Waals surface area contributed by atoms with E-state index >= 15 is 0 Å². The zero-order chi connectivity index (χ0) is 16.0. The zero-order valence-electron chi connectivity index (χ0n) is 13.2. The SMILES string of the molecule is COc1cc(C(=O)N2CCC3(C2)Cn2ccnc2CN3C)on1. The molecule has 8 nitrogen and oxygen atoms in total. The number of hydrogen-bond acceptors (Lipinski definition) is 6. The summed E-state index contributed by atoms with van der Waals surface area (Å²) in [5, 5.41) is 3.70. The Balaban J connectivity index is 1.53. The van der Waals surface area contributed by atoms with Crippen molar-refractivity contribution in [2.24, 2.45) is 0 Å². The fourth-order valence-electron chi connectivity index (χ4n) is 3.54. The monoisotopic (exact) mass is 317 g/mol. The Bertz CT molecular complexity index is 739. The Morgan fingerprint density at radius 1 is 1.43 bits per heavy atom. The number of ether oxygens (including phenoxy) is 1. The second kappa shape index (κ2) is 5.09. The number of aromatic nitrogens is 3. The van der Waals surface area contributed by atoms with Crippen LogP contribution in [0.2, 0.25) is 0 Å². The smallest absolute Gasteiger partial charge is 0.292 e. The van der Waals surface area contributed by atoms with E-state index < -0.39 is 0 Å². The van der Waals surface area contributed by atoms with Gasteiger partial charge in [-0.05, 0) is 18.6 Å². The second-order valence-electron chi connectivity index (χ2n) is 6.26. The van der Waals surface area contributed by atoms with Crippen LogP contribution in [-0.2, 0) is 13.1 Å². The number of nitrogens with zero attached hydrogens (tertiary/aromatic N) is 5. The minimum absolute atomic E-state index is 0.0481. The van der Waals surface area contributed by atoms with Crippen molar-refractivity contribution in [3.05, 3.63) is 30.0 Å². The van der Waals surface area contributed by atoms with Crippen LogP contribution in [0.25, 0.3) is 0 Å². The average Bonchev–Trinajstić information content (AvgIpc) is 3.27. The van der Waals surface area contributed by atoms with Crippen LogP contribution < -0.4 is 4.74 Å². The van der Waals surface area contributed by atoms with Crippen molar-refractivity contribution in [1.29, 1.82) is 0 Å². The number of fused-ring (bicyclic) bond motifs is 1. The van der Waals surface area contributed by atoms with Gasteiger partial charge in [0.05, 0.1) is 25.3 Å². The van der Waals surface area contributed by atoms with E-state index in [1.807, 2.05) is 17.3 Å². The molecule has 1 atom stereocenters. The molecule has 1 unspecified atom stereocenters. The van der Waals surface area contributed by atoms with Gasteiger partial charge in [0.25, 0.3) is 11.8 Å². The Morgan fingerprint density at radius 2 is 2.30 bits per heavy atom. The van der Waals surface area contributed by atoms with E-state index in [-0.39, 0.29) is 17.2 Å². The maximum absolute atomic E-state index is 12.6. The summed E-state index contributed by atoms with van der Waals surface area (Å²) in [4.78, 5) is 21.1. The summed E-state index contributed by atoms with van der Waals surface area (Å²) in [6, 6.07) is 1.53. The molecule has 0 N–H and O–H groups in total. The van der Waals surface area contributed by atoms with Gasteiger partial charge in [0.1, 0.15) is 5.82 Å². The lowest BCUT2D eigenvalue weighted by atomic mass is 9.94. The highest BCUT2D eigenvalue weighted by Crippen LogP contribution is 2.34. The van der Waals surface area contributed by atoms with Gasteiger partial charge in [0.15, 0.2) is 0 Å². The van der Waals surface area contributed by atoms with Gasteiger partial charge in [-0.1, -0.05) is 0 Å². The Morgan fingerprint density at radius 3 is 3.09 bits per heavy atom. The molecule has 2 aromatic heterocycles. The van der Waals surface area contributed by atoms with Crippen molar-refractivity contribution in [1.82, 2.24) is 24.5 Å². The van der Waals surface area contributed by atoms with Gasteiger partial charge in [-0.2, -0.15) is 0 Å². The Kier molecular flexibility index (Phi) is 3.15. The Hall–Kier alpha value is -2.35. The third-order valence-electron chi connectivity index (χ3n) is 4.98. The number of rotatable bonds is 2. The van der Waals surface area contributed by atoms with Crippen LogP contribution in [0.5, 0.6) is 5.88 Å². The molecule has 2 aromatic rings. The van der Waals surface area contributed by atoms with E-state index in [4.69, 9.17) is 9.26 Å². The standard InChI is InChI=1S/C15H19N5O3/c1-18-8-12-16-4-6-19(12)9-15(18)3-5-20(10-15)14(21)11-7-13(22-2)17-23-11/h4,6-7H,3,5,8-10H2,1-2H3. The predicted molar refractivity (Wildman–Crippen MR) is 80.0 cm³/mol. The number of amides is 1. The first kappa shape index (κ1) is 14.3. The zero-order valence-corrected chi connectivity index (χ0v) is 13.2. The van der Waals surface area contributed by atoms with Gasteiger partial charge >= 0.3 is 0 Å². The van der Waals surface area contributed by atoms with E-state index in [0.717, 1.165) is 25.3 Å². The average molecular weight is 317 g/mol. The Labute approximate surface area is 133 Å². The fraction of sp³-hybridized carbons (Fsp3) is 0.533. The molecule has 122 valence electrons. The molecule has 0 aromatic carbocycles. The molecule has 0 saturated carbocycles. The minimum Gasteiger partial charge on any atom is -0.479 e.